The van der Waals surface area contributed by atoms with Crippen LogP contribution in [0, 0.1) is 5.82 Å². The third-order valence-electron chi connectivity index (χ3n) is 3.95. The highest BCUT2D eigenvalue weighted by atomic mass is 35.5. The number of rotatable bonds is 2. The second-order valence-corrected chi connectivity index (χ2v) is 5.72. The van der Waals surface area contributed by atoms with E-state index in [1.165, 1.54) is 25.3 Å². The maximum absolute atomic E-state index is 14.3. The Balaban J connectivity index is 1.93. The van der Waals surface area contributed by atoms with Gasteiger partial charge in [0, 0.05) is 11.1 Å². The Kier molecular flexibility index (Phi) is 3.43. The molecule has 4 rings (SSSR count). The SMILES string of the molecule is COc1ccc(F)c(-c2nc3c(o2)C(=O)c2ccccc2C3=O)c1Cl. The molecule has 7 heteroatoms. The first-order valence-corrected chi connectivity index (χ1v) is 7.62. The summed E-state index contributed by atoms with van der Waals surface area (Å²) in [5.74, 6) is -1.90. The van der Waals surface area contributed by atoms with Crippen molar-refractivity contribution >= 4 is 23.2 Å². The van der Waals surface area contributed by atoms with Gasteiger partial charge in [-0.15, -0.1) is 0 Å². The minimum absolute atomic E-state index is 0.0569. The Morgan fingerprint density at radius 2 is 1.76 bits per heavy atom. The topological polar surface area (TPSA) is 69.4 Å². The second kappa shape index (κ2) is 5.53. The largest absolute Gasteiger partial charge is 0.495 e. The number of carbonyl (C=O) groups is 2. The molecule has 0 fully saturated rings. The fourth-order valence-electron chi connectivity index (χ4n) is 2.75. The standard InChI is InChI=1S/C18H9ClFNO4/c1-24-11-7-6-10(20)12(13(11)19)18-21-14-15(22)8-4-2-3-5-9(8)16(23)17(14)25-18/h2-7H,1H3. The minimum Gasteiger partial charge on any atom is -0.495 e. The van der Waals surface area contributed by atoms with Crippen LogP contribution in [0.1, 0.15) is 32.2 Å². The van der Waals surface area contributed by atoms with E-state index in [0.29, 0.717) is 0 Å². The first kappa shape index (κ1) is 15.5. The molecule has 0 bridgehead atoms. The van der Waals surface area contributed by atoms with Gasteiger partial charge in [0.15, 0.2) is 5.69 Å². The summed E-state index contributed by atoms with van der Waals surface area (Å²) < 4.78 is 24.8. The van der Waals surface area contributed by atoms with Crippen LogP contribution in [0.4, 0.5) is 4.39 Å². The van der Waals surface area contributed by atoms with Crippen molar-refractivity contribution in [1.82, 2.24) is 4.98 Å². The Morgan fingerprint density at radius 1 is 1.08 bits per heavy atom. The van der Waals surface area contributed by atoms with Crippen LogP contribution in [0.2, 0.25) is 5.02 Å². The number of aromatic nitrogens is 1. The fraction of sp³-hybridized carbons (Fsp3) is 0.0556. The molecule has 0 saturated heterocycles. The lowest BCUT2D eigenvalue weighted by atomic mass is 9.91. The van der Waals surface area contributed by atoms with Crippen molar-refractivity contribution in [1.29, 1.82) is 0 Å². The number of halogens is 2. The summed E-state index contributed by atoms with van der Waals surface area (Å²) in [5.41, 5.74) is 0.133. The monoisotopic (exact) mass is 357 g/mol. The summed E-state index contributed by atoms with van der Waals surface area (Å²) in [7, 11) is 1.38. The molecule has 0 aliphatic heterocycles. The van der Waals surface area contributed by atoms with E-state index in [1.54, 1.807) is 12.1 Å². The molecule has 3 aromatic rings. The van der Waals surface area contributed by atoms with Crippen LogP contribution < -0.4 is 4.74 Å². The van der Waals surface area contributed by atoms with Crippen LogP contribution in [-0.2, 0) is 0 Å². The van der Waals surface area contributed by atoms with Crippen molar-refractivity contribution in [2.75, 3.05) is 7.11 Å². The average Bonchev–Trinajstić information content (AvgIpc) is 3.05. The molecular weight excluding hydrogens is 349 g/mol. The van der Waals surface area contributed by atoms with Crippen LogP contribution in [0.3, 0.4) is 0 Å². The molecule has 1 aliphatic rings. The van der Waals surface area contributed by atoms with Crippen molar-refractivity contribution in [3.05, 3.63) is 69.8 Å². The van der Waals surface area contributed by atoms with E-state index in [1.807, 2.05) is 0 Å². The van der Waals surface area contributed by atoms with Gasteiger partial charge in [0.1, 0.15) is 11.6 Å². The molecule has 1 aromatic heterocycles. The van der Waals surface area contributed by atoms with Crippen molar-refractivity contribution in [3.63, 3.8) is 0 Å². The lowest BCUT2D eigenvalue weighted by Crippen LogP contribution is -2.19. The van der Waals surface area contributed by atoms with Crippen LogP contribution in [-0.4, -0.2) is 23.7 Å². The molecule has 0 N–H and O–H groups in total. The van der Waals surface area contributed by atoms with E-state index in [-0.39, 0.29) is 44.8 Å². The third kappa shape index (κ3) is 2.18. The zero-order chi connectivity index (χ0) is 17.7. The Morgan fingerprint density at radius 3 is 2.44 bits per heavy atom. The van der Waals surface area contributed by atoms with Crippen LogP contribution >= 0.6 is 11.6 Å². The lowest BCUT2D eigenvalue weighted by molar-refractivity contribution is 0.0959. The summed E-state index contributed by atoms with van der Waals surface area (Å²) in [6.45, 7) is 0. The van der Waals surface area contributed by atoms with Gasteiger partial charge in [0.05, 0.1) is 17.7 Å². The normalized spacial score (nSPS) is 12.8. The molecule has 1 heterocycles. The number of benzene rings is 2. The molecule has 0 atom stereocenters. The third-order valence-corrected chi connectivity index (χ3v) is 4.33. The van der Waals surface area contributed by atoms with Crippen LogP contribution in [0.15, 0.2) is 40.8 Å². The maximum atomic E-state index is 14.3. The number of ketones is 2. The summed E-state index contributed by atoms with van der Waals surface area (Å²) in [5, 5.41) is -0.0569. The van der Waals surface area contributed by atoms with Gasteiger partial charge in [0.25, 0.3) is 0 Å². The lowest BCUT2D eigenvalue weighted by Gasteiger charge is -2.10. The Bertz CT molecular complexity index is 1000. The van der Waals surface area contributed by atoms with Gasteiger partial charge in [-0.2, -0.15) is 0 Å². The zero-order valence-electron chi connectivity index (χ0n) is 12.8. The van der Waals surface area contributed by atoms with Gasteiger partial charge in [-0.05, 0) is 12.1 Å². The number of hydrogen-bond donors (Lipinski definition) is 0. The molecule has 0 saturated carbocycles. The highest BCUT2D eigenvalue weighted by Crippen LogP contribution is 2.39. The van der Waals surface area contributed by atoms with E-state index >= 15 is 0 Å². The number of methoxy groups -OCH3 is 1. The maximum Gasteiger partial charge on any atom is 0.232 e. The summed E-state index contributed by atoms with van der Waals surface area (Å²) in [6, 6.07) is 8.85. The predicted octanol–water partition coefficient (Wildman–Crippen LogP) is 3.92. The molecule has 0 amide bonds. The first-order valence-electron chi connectivity index (χ1n) is 7.24. The number of ether oxygens (including phenoxy) is 1. The smallest absolute Gasteiger partial charge is 0.232 e. The number of oxazole rings is 1. The quantitative estimate of drug-likeness (QED) is 0.544. The highest BCUT2D eigenvalue weighted by molar-refractivity contribution is 6.34. The molecule has 0 spiro atoms. The van der Waals surface area contributed by atoms with Crippen molar-refractivity contribution in [3.8, 4) is 17.2 Å². The van der Waals surface area contributed by atoms with Crippen LogP contribution in [0.25, 0.3) is 11.5 Å². The summed E-state index contributed by atoms with van der Waals surface area (Å²) in [4.78, 5) is 29.2. The van der Waals surface area contributed by atoms with Crippen molar-refractivity contribution in [2.24, 2.45) is 0 Å². The molecule has 1 aliphatic carbocycles. The van der Waals surface area contributed by atoms with E-state index in [4.69, 9.17) is 20.8 Å². The van der Waals surface area contributed by atoms with Gasteiger partial charge < -0.3 is 9.15 Å². The molecule has 0 unspecified atom stereocenters. The van der Waals surface area contributed by atoms with Crippen molar-refractivity contribution in [2.45, 2.75) is 0 Å². The Labute approximate surface area is 146 Å². The number of carbonyl (C=O) groups excluding carboxylic acids is 2. The fourth-order valence-corrected chi connectivity index (χ4v) is 3.06. The van der Waals surface area contributed by atoms with E-state index in [0.717, 1.165) is 6.07 Å². The number of fused-ring (bicyclic) bond motifs is 2. The van der Waals surface area contributed by atoms with Gasteiger partial charge in [0.2, 0.25) is 23.2 Å². The minimum atomic E-state index is -0.707. The molecule has 2 aromatic carbocycles. The first-order chi connectivity index (χ1) is 12.0. The Hall–Kier alpha value is -2.99. The number of hydrogen-bond acceptors (Lipinski definition) is 5. The van der Waals surface area contributed by atoms with E-state index in [2.05, 4.69) is 4.98 Å². The predicted molar refractivity (Wildman–Crippen MR) is 86.8 cm³/mol. The molecule has 0 radical (unpaired) electrons. The highest BCUT2D eigenvalue weighted by Gasteiger charge is 2.36. The van der Waals surface area contributed by atoms with E-state index in [9.17, 15) is 14.0 Å². The second-order valence-electron chi connectivity index (χ2n) is 5.34. The van der Waals surface area contributed by atoms with Gasteiger partial charge in [-0.25, -0.2) is 9.37 Å². The molecule has 5 nitrogen and oxygen atoms in total. The summed E-state index contributed by atoms with van der Waals surface area (Å²) >= 11 is 6.14. The zero-order valence-corrected chi connectivity index (χ0v) is 13.6. The molecule has 124 valence electrons. The molecule has 25 heavy (non-hydrogen) atoms. The number of nitrogens with zero attached hydrogens (tertiary/aromatic N) is 1. The van der Waals surface area contributed by atoms with Gasteiger partial charge >= 0.3 is 0 Å². The molecular formula is C18H9ClFNO4. The van der Waals surface area contributed by atoms with E-state index < -0.39 is 17.4 Å². The van der Waals surface area contributed by atoms with Gasteiger partial charge in [-0.1, -0.05) is 35.9 Å². The van der Waals surface area contributed by atoms with Gasteiger partial charge in [-0.3, -0.25) is 9.59 Å². The van der Waals surface area contributed by atoms with Crippen LogP contribution in [0.5, 0.6) is 5.75 Å². The summed E-state index contributed by atoms with van der Waals surface area (Å²) in [6.07, 6.45) is 0. The average molecular weight is 358 g/mol. The van der Waals surface area contributed by atoms with Crippen molar-refractivity contribution < 1.29 is 23.1 Å².